The summed E-state index contributed by atoms with van der Waals surface area (Å²) >= 11 is 5.63. The lowest BCUT2D eigenvalue weighted by Crippen LogP contribution is -1.96. The van der Waals surface area contributed by atoms with E-state index in [1.807, 2.05) is 0 Å². The maximum atomic E-state index is 12.3. The topological polar surface area (TPSA) is 22.1 Å². The van der Waals surface area contributed by atoms with Crippen LogP contribution in [-0.4, -0.2) is 12.1 Å². The summed E-state index contributed by atoms with van der Waals surface area (Å²) in [7, 11) is 1.35. The van der Waals surface area contributed by atoms with E-state index in [-0.39, 0.29) is 22.2 Å². The van der Waals surface area contributed by atoms with E-state index in [9.17, 15) is 8.78 Å². The van der Waals surface area contributed by atoms with Crippen LogP contribution in [0.5, 0.6) is 5.75 Å². The molecule has 0 bridgehead atoms. The fraction of sp³-hybridized carbons (Fsp3) is 0.375. The third-order valence-corrected chi connectivity index (χ3v) is 1.90. The first-order valence-corrected chi connectivity index (χ1v) is 3.93. The van der Waals surface area contributed by atoms with Crippen molar-refractivity contribution in [3.05, 3.63) is 22.5 Å². The molecule has 1 rings (SSSR count). The van der Waals surface area contributed by atoms with Crippen LogP contribution in [0.25, 0.3) is 0 Å². The molecule has 0 aliphatic heterocycles. The first-order valence-electron chi connectivity index (χ1n) is 3.55. The van der Waals surface area contributed by atoms with Crippen molar-refractivity contribution in [2.45, 2.75) is 13.3 Å². The zero-order valence-corrected chi connectivity index (χ0v) is 7.90. The van der Waals surface area contributed by atoms with Gasteiger partial charge in [-0.1, -0.05) is 11.6 Å². The number of rotatable bonds is 2. The molecule has 0 saturated carbocycles. The minimum absolute atomic E-state index is 0.101. The number of aromatic nitrogens is 1. The first-order chi connectivity index (χ1) is 6.06. The molecule has 2 nitrogen and oxygen atoms in total. The van der Waals surface area contributed by atoms with Crippen molar-refractivity contribution in [3.8, 4) is 5.75 Å². The van der Waals surface area contributed by atoms with E-state index >= 15 is 0 Å². The molecule has 1 heterocycles. The second kappa shape index (κ2) is 3.87. The summed E-state index contributed by atoms with van der Waals surface area (Å²) in [5.41, 5.74) is 0.0713. The number of hydrogen-bond acceptors (Lipinski definition) is 2. The third kappa shape index (κ3) is 2.06. The van der Waals surface area contributed by atoms with Crippen LogP contribution in [0.3, 0.4) is 0 Å². The monoisotopic (exact) mass is 207 g/mol. The lowest BCUT2D eigenvalue weighted by molar-refractivity contribution is 0.149. The molecule has 0 fully saturated rings. The Kier molecular flexibility index (Phi) is 3.03. The molecule has 0 spiro atoms. The van der Waals surface area contributed by atoms with Gasteiger partial charge in [-0.25, -0.2) is 13.8 Å². The molecule has 0 amide bonds. The average molecular weight is 208 g/mol. The summed E-state index contributed by atoms with van der Waals surface area (Å²) in [4.78, 5) is 3.73. The number of pyridine rings is 1. The molecule has 0 aliphatic rings. The number of ether oxygens (including phenoxy) is 1. The number of hydrogen-bond donors (Lipinski definition) is 0. The first kappa shape index (κ1) is 10.2. The van der Waals surface area contributed by atoms with Crippen LogP contribution in [0.4, 0.5) is 8.78 Å². The molecule has 0 saturated heterocycles. The standard InChI is InChI=1S/C8H8ClF2NO/c1-4-5(8(10)11)3-6(13-2)7(9)12-4/h3,8H,1-2H3. The highest BCUT2D eigenvalue weighted by molar-refractivity contribution is 6.30. The maximum Gasteiger partial charge on any atom is 0.265 e. The lowest BCUT2D eigenvalue weighted by Gasteiger charge is -2.07. The normalized spacial score (nSPS) is 10.6. The maximum absolute atomic E-state index is 12.3. The number of methoxy groups -OCH3 is 1. The van der Waals surface area contributed by atoms with Gasteiger partial charge >= 0.3 is 0 Å². The summed E-state index contributed by atoms with van der Waals surface area (Å²) in [6.07, 6.45) is -2.56. The molecule has 1 aromatic heterocycles. The number of halogens is 3. The highest BCUT2D eigenvalue weighted by Gasteiger charge is 2.15. The van der Waals surface area contributed by atoms with E-state index in [1.54, 1.807) is 0 Å². The molecule has 0 radical (unpaired) electrons. The molecule has 5 heteroatoms. The van der Waals surface area contributed by atoms with Gasteiger partial charge < -0.3 is 4.74 Å². The van der Waals surface area contributed by atoms with Gasteiger partial charge in [0.05, 0.1) is 7.11 Å². The van der Waals surface area contributed by atoms with Crippen LogP contribution >= 0.6 is 11.6 Å². The molecule has 0 aliphatic carbocycles. The molecular weight excluding hydrogens is 200 g/mol. The van der Waals surface area contributed by atoms with Crippen LogP contribution in [0.1, 0.15) is 17.7 Å². The molecule has 72 valence electrons. The number of aryl methyl sites for hydroxylation is 1. The lowest BCUT2D eigenvalue weighted by atomic mass is 10.2. The Hall–Kier alpha value is -0.900. The number of nitrogens with zero attached hydrogens (tertiary/aromatic N) is 1. The zero-order chi connectivity index (χ0) is 10.0. The van der Waals surface area contributed by atoms with Gasteiger partial charge in [0.2, 0.25) is 0 Å². The van der Waals surface area contributed by atoms with Gasteiger partial charge in [0, 0.05) is 11.3 Å². The highest BCUT2D eigenvalue weighted by Crippen LogP contribution is 2.29. The highest BCUT2D eigenvalue weighted by atomic mass is 35.5. The van der Waals surface area contributed by atoms with E-state index < -0.39 is 6.43 Å². The Bertz CT molecular complexity index is 317. The van der Waals surface area contributed by atoms with Gasteiger partial charge in [0.25, 0.3) is 6.43 Å². The molecule has 0 unspecified atom stereocenters. The van der Waals surface area contributed by atoms with Crippen LogP contribution in [0, 0.1) is 6.92 Å². The quantitative estimate of drug-likeness (QED) is 0.696. The second-order valence-electron chi connectivity index (χ2n) is 2.46. The predicted octanol–water partition coefficient (Wildman–Crippen LogP) is 2.99. The Morgan fingerprint density at radius 1 is 1.54 bits per heavy atom. The van der Waals surface area contributed by atoms with Gasteiger partial charge in [-0.3, -0.25) is 0 Å². The van der Waals surface area contributed by atoms with E-state index in [0.29, 0.717) is 0 Å². The third-order valence-electron chi connectivity index (χ3n) is 1.63. The molecule has 1 aromatic rings. The SMILES string of the molecule is COc1cc(C(F)F)c(C)nc1Cl. The van der Waals surface area contributed by atoms with Crippen LogP contribution in [-0.2, 0) is 0 Å². The van der Waals surface area contributed by atoms with Crippen molar-refractivity contribution in [1.82, 2.24) is 4.98 Å². The largest absolute Gasteiger partial charge is 0.494 e. The Morgan fingerprint density at radius 2 is 2.15 bits per heavy atom. The van der Waals surface area contributed by atoms with Crippen LogP contribution in [0.15, 0.2) is 6.07 Å². The molecular formula is C8H8ClF2NO. The summed E-state index contributed by atoms with van der Waals surface area (Å²) in [6, 6.07) is 1.20. The van der Waals surface area contributed by atoms with Gasteiger partial charge in [0.15, 0.2) is 10.9 Å². The summed E-state index contributed by atoms with van der Waals surface area (Å²) in [5.74, 6) is 0.169. The summed E-state index contributed by atoms with van der Waals surface area (Å²) in [5, 5.41) is 0.101. The molecule has 13 heavy (non-hydrogen) atoms. The van der Waals surface area contributed by atoms with Crippen molar-refractivity contribution < 1.29 is 13.5 Å². The van der Waals surface area contributed by atoms with Gasteiger partial charge in [-0.2, -0.15) is 0 Å². The Balaban J connectivity index is 3.22. The number of alkyl halides is 2. The smallest absolute Gasteiger partial charge is 0.265 e. The Morgan fingerprint density at radius 3 is 2.62 bits per heavy atom. The predicted molar refractivity (Wildman–Crippen MR) is 45.5 cm³/mol. The fourth-order valence-corrected chi connectivity index (χ4v) is 1.19. The van der Waals surface area contributed by atoms with Crippen molar-refractivity contribution in [1.29, 1.82) is 0 Å². The zero-order valence-electron chi connectivity index (χ0n) is 7.14. The van der Waals surface area contributed by atoms with Crippen LogP contribution < -0.4 is 4.74 Å². The van der Waals surface area contributed by atoms with E-state index in [2.05, 4.69) is 4.98 Å². The summed E-state index contributed by atoms with van der Waals surface area (Å²) < 4.78 is 29.4. The second-order valence-corrected chi connectivity index (χ2v) is 2.81. The van der Waals surface area contributed by atoms with E-state index in [1.165, 1.54) is 20.1 Å². The van der Waals surface area contributed by atoms with Crippen molar-refractivity contribution in [2.24, 2.45) is 0 Å². The van der Waals surface area contributed by atoms with E-state index in [4.69, 9.17) is 16.3 Å². The van der Waals surface area contributed by atoms with E-state index in [0.717, 1.165) is 0 Å². The minimum atomic E-state index is -2.56. The van der Waals surface area contributed by atoms with Gasteiger partial charge in [-0.15, -0.1) is 0 Å². The Labute approximate surface area is 79.5 Å². The fourth-order valence-electron chi connectivity index (χ4n) is 0.936. The molecule has 0 atom stereocenters. The van der Waals surface area contributed by atoms with Gasteiger partial charge in [-0.05, 0) is 13.0 Å². The van der Waals surface area contributed by atoms with Crippen LogP contribution in [0.2, 0.25) is 5.15 Å². The van der Waals surface area contributed by atoms with Crippen molar-refractivity contribution in [3.63, 3.8) is 0 Å². The minimum Gasteiger partial charge on any atom is -0.494 e. The summed E-state index contributed by atoms with van der Waals surface area (Å²) in [6.45, 7) is 1.48. The molecule has 0 aromatic carbocycles. The van der Waals surface area contributed by atoms with Gasteiger partial charge in [0.1, 0.15) is 0 Å². The average Bonchev–Trinajstić information content (AvgIpc) is 2.03. The van der Waals surface area contributed by atoms with Crippen molar-refractivity contribution >= 4 is 11.6 Å². The molecule has 0 N–H and O–H groups in total. The van der Waals surface area contributed by atoms with Crippen molar-refractivity contribution in [2.75, 3.05) is 7.11 Å².